The second-order valence-corrected chi connectivity index (χ2v) is 10.3. The largest absolute Gasteiger partial charge is 0.477 e. The average molecular weight is 643 g/mol. The quantitative estimate of drug-likeness (QED) is 0.0739. The molecule has 2 amide bonds. The molecule has 0 radical (unpaired) electrons. The molecule has 0 spiro atoms. The molecule has 0 aliphatic carbocycles. The standard InChI is InChI=1S/C24H38N2O18/c1-9(30)25-15-12(33)6-24(22(39)40,44-19(15)17(35)13(34)7-28)42-14(8-29)18(36)20-16(26-10(2)31)11(32)5-23(43-20,21(37)38)41-4-3-27/h3,11-20,28-29,32-36H,4-8H2,1-2H3,(H,25,30)(H,26,31)(H,37,38)(H,39,40)/t11-,12-,13+,14+,15+,16+,17-,18+,19+,20+,23+,24+/m0/s1. The van der Waals surface area contributed by atoms with Crippen LogP contribution in [0.5, 0.6) is 0 Å². The van der Waals surface area contributed by atoms with Crippen molar-refractivity contribution >= 4 is 30.0 Å². The molecule has 2 rings (SSSR count). The minimum Gasteiger partial charge on any atom is -0.477 e. The van der Waals surface area contributed by atoms with Crippen LogP contribution in [0.4, 0.5) is 0 Å². The van der Waals surface area contributed by atoms with Crippen LogP contribution in [0, 0.1) is 0 Å². The zero-order chi connectivity index (χ0) is 33.6. The summed E-state index contributed by atoms with van der Waals surface area (Å²) in [6, 6.07) is -3.19. The number of carbonyl (C=O) groups excluding carboxylic acids is 3. The van der Waals surface area contributed by atoms with E-state index in [1.807, 2.05) is 0 Å². The Kier molecular flexibility index (Phi) is 13.1. The molecule has 20 heteroatoms. The molecule has 252 valence electrons. The Morgan fingerprint density at radius 1 is 0.841 bits per heavy atom. The Balaban J connectivity index is 2.54. The number of amides is 2. The molecule has 2 saturated heterocycles. The number of aliphatic hydroxyl groups is 7. The summed E-state index contributed by atoms with van der Waals surface area (Å²) in [5.41, 5.74) is 0. The van der Waals surface area contributed by atoms with Gasteiger partial charge >= 0.3 is 11.9 Å². The molecule has 0 bridgehead atoms. The van der Waals surface area contributed by atoms with Gasteiger partial charge in [0.15, 0.2) is 0 Å². The lowest BCUT2D eigenvalue weighted by Crippen LogP contribution is -2.70. The van der Waals surface area contributed by atoms with Crippen molar-refractivity contribution in [1.29, 1.82) is 0 Å². The van der Waals surface area contributed by atoms with E-state index in [1.54, 1.807) is 0 Å². The van der Waals surface area contributed by atoms with Gasteiger partial charge in [-0.15, -0.1) is 0 Å². The number of ether oxygens (including phenoxy) is 4. The number of rotatable bonds is 15. The van der Waals surface area contributed by atoms with Crippen molar-refractivity contribution in [2.45, 2.75) is 99.2 Å². The van der Waals surface area contributed by atoms with Gasteiger partial charge < -0.3 is 80.3 Å². The maximum atomic E-state index is 12.5. The summed E-state index contributed by atoms with van der Waals surface area (Å²) in [6.45, 7) is -1.15. The number of aliphatic carboxylic acids is 2. The predicted molar refractivity (Wildman–Crippen MR) is 136 cm³/mol. The Morgan fingerprint density at radius 3 is 1.70 bits per heavy atom. The Labute approximate surface area is 249 Å². The number of hydrogen-bond acceptors (Lipinski definition) is 16. The smallest absolute Gasteiger partial charge is 0.364 e. The van der Waals surface area contributed by atoms with Crippen molar-refractivity contribution in [2.75, 3.05) is 19.8 Å². The Hall–Kier alpha value is -2.89. The van der Waals surface area contributed by atoms with Gasteiger partial charge in [0.1, 0.15) is 49.5 Å². The van der Waals surface area contributed by atoms with Crippen LogP contribution in [0.3, 0.4) is 0 Å². The highest BCUT2D eigenvalue weighted by Gasteiger charge is 2.60. The summed E-state index contributed by atoms with van der Waals surface area (Å²) in [5, 5.41) is 97.2. The first-order chi connectivity index (χ1) is 20.5. The molecule has 0 aromatic heterocycles. The van der Waals surface area contributed by atoms with Gasteiger partial charge in [-0.25, -0.2) is 9.59 Å². The maximum absolute atomic E-state index is 12.5. The second-order valence-electron chi connectivity index (χ2n) is 10.3. The first kappa shape index (κ1) is 37.3. The lowest BCUT2D eigenvalue weighted by atomic mass is 9.87. The number of carbonyl (C=O) groups is 5. The molecule has 2 aliphatic rings. The fraction of sp³-hybridized carbons (Fsp3) is 0.792. The van der Waals surface area contributed by atoms with E-state index in [1.165, 1.54) is 0 Å². The van der Waals surface area contributed by atoms with Gasteiger partial charge in [-0.3, -0.25) is 9.59 Å². The van der Waals surface area contributed by atoms with Crippen LogP contribution in [-0.2, 0) is 42.9 Å². The van der Waals surface area contributed by atoms with E-state index < -0.39 is 129 Å². The summed E-state index contributed by atoms with van der Waals surface area (Å²) in [6.07, 6.45) is -18.0. The van der Waals surface area contributed by atoms with Crippen molar-refractivity contribution in [2.24, 2.45) is 0 Å². The number of carboxylic acids is 2. The molecular formula is C24H38N2O18. The fourth-order valence-corrected chi connectivity index (χ4v) is 5.04. The second kappa shape index (κ2) is 15.4. The summed E-state index contributed by atoms with van der Waals surface area (Å²) in [4.78, 5) is 59.1. The molecule has 0 aromatic carbocycles. The molecule has 44 heavy (non-hydrogen) atoms. The first-order valence-corrected chi connectivity index (χ1v) is 13.2. The number of aldehydes is 1. The van der Waals surface area contributed by atoms with Gasteiger partial charge in [0, 0.05) is 26.7 Å². The Bertz CT molecular complexity index is 1050. The van der Waals surface area contributed by atoms with E-state index in [2.05, 4.69) is 10.6 Å². The van der Waals surface area contributed by atoms with E-state index in [-0.39, 0.29) is 6.29 Å². The molecule has 2 aliphatic heterocycles. The van der Waals surface area contributed by atoms with Crippen LogP contribution in [0.15, 0.2) is 0 Å². The number of aliphatic hydroxyl groups excluding tert-OH is 7. The lowest BCUT2D eigenvalue weighted by Gasteiger charge is -2.49. The third-order valence-electron chi connectivity index (χ3n) is 7.08. The predicted octanol–water partition coefficient (Wildman–Crippen LogP) is -6.47. The SMILES string of the molecule is CC(=O)N[C@H]1[C@H]([C@@H](O)[C@H](O)CO)O[C@@](O[C@H](CO)[C@@H](O)[C@@H]2O[C@@](OCC=O)(C(=O)O)C[C@H](O)[C@H]2NC(C)=O)(C(=O)O)C[C@@H]1O. The highest BCUT2D eigenvalue weighted by atomic mass is 16.7. The fourth-order valence-electron chi connectivity index (χ4n) is 5.04. The Morgan fingerprint density at radius 2 is 1.30 bits per heavy atom. The van der Waals surface area contributed by atoms with Crippen molar-refractivity contribution in [3.05, 3.63) is 0 Å². The van der Waals surface area contributed by atoms with Gasteiger partial charge in [-0.1, -0.05) is 0 Å². The van der Waals surface area contributed by atoms with Gasteiger partial charge in [0.25, 0.3) is 11.6 Å². The van der Waals surface area contributed by atoms with Crippen LogP contribution in [-0.4, -0.2) is 168 Å². The third kappa shape index (κ3) is 8.22. The highest BCUT2D eigenvalue weighted by Crippen LogP contribution is 2.37. The molecule has 20 nitrogen and oxygen atoms in total. The van der Waals surface area contributed by atoms with Crippen LogP contribution in [0.25, 0.3) is 0 Å². The molecule has 0 saturated carbocycles. The molecule has 0 unspecified atom stereocenters. The van der Waals surface area contributed by atoms with Gasteiger partial charge in [0.2, 0.25) is 11.8 Å². The van der Waals surface area contributed by atoms with E-state index in [0.717, 1.165) is 13.8 Å². The molecular weight excluding hydrogens is 604 g/mol. The topological polar surface area (TPSA) is 328 Å². The maximum Gasteiger partial charge on any atom is 0.364 e. The van der Waals surface area contributed by atoms with Gasteiger partial charge in [-0.2, -0.15) is 0 Å². The van der Waals surface area contributed by atoms with Crippen LogP contribution >= 0.6 is 0 Å². The molecule has 12 atom stereocenters. The van der Waals surface area contributed by atoms with E-state index in [9.17, 15) is 69.9 Å². The monoisotopic (exact) mass is 642 g/mol. The molecule has 2 heterocycles. The van der Waals surface area contributed by atoms with E-state index >= 15 is 0 Å². The van der Waals surface area contributed by atoms with E-state index in [0.29, 0.717) is 0 Å². The normalized spacial score (nSPS) is 35.0. The first-order valence-electron chi connectivity index (χ1n) is 13.2. The summed E-state index contributed by atoms with van der Waals surface area (Å²) in [7, 11) is 0. The minimum absolute atomic E-state index is 0.167. The van der Waals surface area contributed by atoms with Crippen LogP contribution in [0.1, 0.15) is 26.7 Å². The lowest BCUT2D eigenvalue weighted by molar-refractivity contribution is -0.345. The number of carboxylic acid groups (broad SMARTS) is 2. The average Bonchev–Trinajstić information content (AvgIpc) is 2.95. The molecule has 0 aromatic rings. The summed E-state index contributed by atoms with van der Waals surface area (Å²) >= 11 is 0. The van der Waals surface area contributed by atoms with Crippen LogP contribution < -0.4 is 10.6 Å². The third-order valence-corrected chi connectivity index (χ3v) is 7.08. The number of hydrogen-bond donors (Lipinski definition) is 11. The number of nitrogens with one attached hydrogen (secondary N) is 2. The van der Waals surface area contributed by atoms with Crippen LogP contribution in [0.2, 0.25) is 0 Å². The van der Waals surface area contributed by atoms with Crippen molar-refractivity contribution in [3.8, 4) is 0 Å². The zero-order valence-electron chi connectivity index (χ0n) is 23.6. The summed E-state index contributed by atoms with van der Waals surface area (Å²) in [5.74, 6) is -11.3. The highest BCUT2D eigenvalue weighted by molar-refractivity contribution is 5.77. The van der Waals surface area contributed by atoms with Gasteiger partial charge in [0.05, 0.1) is 37.5 Å². The minimum atomic E-state index is -3.06. The van der Waals surface area contributed by atoms with Crippen molar-refractivity contribution in [3.63, 3.8) is 0 Å². The van der Waals surface area contributed by atoms with Gasteiger partial charge in [-0.05, 0) is 0 Å². The van der Waals surface area contributed by atoms with Crippen molar-refractivity contribution < 1.29 is 88.9 Å². The molecule has 11 N–H and O–H groups in total. The summed E-state index contributed by atoms with van der Waals surface area (Å²) < 4.78 is 21.4. The zero-order valence-corrected chi connectivity index (χ0v) is 23.6. The molecule has 2 fully saturated rings. The van der Waals surface area contributed by atoms with E-state index in [4.69, 9.17) is 18.9 Å². The van der Waals surface area contributed by atoms with Crippen molar-refractivity contribution in [1.82, 2.24) is 10.6 Å².